The zero-order valence-corrected chi connectivity index (χ0v) is 11.2. The van der Waals surface area contributed by atoms with Gasteiger partial charge in [0.1, 0.15) is 5.75 Å². The van der Waals surface area contributed by atoms with E-state index >= 15 is 0 Å². The number of nitrogens with one attached hydrogen (secondary N) is 1. The van der Waals surface area contributed by atoms with Crippen LogP contribution in [0, 0.1) is 0 Å². The fraction of sp³-hybridized carbons (Fsp3) is 0.571. The van der Waals surface area contributed by atoms with E-state index in [9.17, 15) is 0 Å². The summed E-state index contributed by atoms with van der Waals surface area (Å²) < 4.78 is 5.51. The normalized spacial score (nSPS) is 15.8. The Morgan fingerprint density at radius 2 is 2.06 bits per heavy atom. The number of methoxy groups -OCH3 is 1. The smallest absolute Gasteiger partial charge is 0.142 e. The molecule has 0 radical (unpaired) electrons. The maximum atomic E-state index is 5.51. The number of hydrogen-bond acceptors (Lipinski definition) is 3. The summed E-state index contributed by atoms with van der Waals surface area (Å²) >= 11 is 0. The van der Waals surface area contributed by atoms with Crippen LogP contribution in [0.25, 0.3) is 0 Å². The molecule has 17 heavy (non-hydrogen) atoms. The van der Waals surface area contributed by atoms with E-state index in [1.54, 1.807) is 7.11 Å². The summed E-state index contributed by atoms with van der Waals surface area (Å²) in [5, 5.41) is 3.30. The number of benzene rings is 1. The van der Waals surface area contributed by atoms with Gasteiger partial charge in [0.2, 0.25) is 0 Å². The van der Waals surface area contributed by atoms with Crippen LogP contribution >= 0.6 is 0 Å². The largest absolute Gasteiger partial charge is 0.495 e. The molecule has 1 aromatic carbocycles. The lowest BCUT2D eigenvalue weighted by Crippen LogP contribution is -2.56. The molecule has 0 amide bonds. The molecule has 1 aliphatic rings. The third-order valence-corrected chi connectivity index (χ3v) is 3.56. The standard InChI is InChI=1S/C14H22N2O/c1-10(2)11-5-6-13(14(7-11)17-4)16(3)12-8-15-9-12/h5-7,10,12,15H,8-9H2,1-4H3. The number of anilines is 1. The highest BCUT2D eigenvalue weighted by Gasteiger charge is 2.23. The van der Waals surface area contributed by atoms with Gasteiger partial charge in [-0.25, -0.2) is 0 Å². The summed E-state index contributed by atoms with van der Waals surface area (Å²) in [5.41, 5.74) is 2.51. The molecule has 1 heterocycles. The molecule has 0 atom stereocenters. The molecule has 0 unspecified atom stereocenters. The molecule has 0 aliphatic carbocycles. The fourth-order valence-corrected chi connectivity index (χ4v) is 2.09. The third-order valence-electron chi connectivity index (χ3n) is 3.56. The second kappa shape index (κ2) is 4.96. The zero-order valence-electron chi connectivity index (χ0n) is 11.2. The maximum Gasteiger partial charge on any atom is 0.142 e. The number of likely N-dealkylation sites (N-methyl/N-ethyl adjacent to an activating group) is 1. The second-order valence-corrected chi connectivity index (χ2v) is 5.01. The van der Waals surface area contributed by atoms with E-state index in [1.165, 1.54) is 11.3 Å². The lowest BCUT2D eigenvalue weighted by Gasteiger charge is -2.37. The van der Waals surface area contributed by atoms with Crippen molar-refractivity contribution in [3.05, 3.63) is 23.8 Å². The van der Waals surface area contributed by atoms with Crippen molar-refractivity contribution in [3.8, 4) is 5.75 Å². The van der Waals surface area contributed by atoms with Crippen LogP contribution in [-0.4, -0.2) is 33.3 Å². The molecule has 1 fully saturated rings. The average molecular weight is 234 g/mol. The van der Waals surface area contributed by atoms with Gasteiger partial charge in [0.05, 0.1) is 18.8 Å². The van der Waals surface area contributed by atoms with Crippen molar-refractivity contribution in [1.29, 1.82) is 0 Å². The van der Waals surface area contributed by atoms with Crippen molar-refractivity contribution in [2.75, 3.05) is 32.1 Å². The Morgan fingerprint density at radius 1 is 1.35 bits per heavy atom. The van der Waals surface area contributed by atoms with Crippen molar-refractivity contribution in [2.45, 2.75) is 25.8 Å². The van der Waals surface area contributed by atoms with Crippen molar-refractivity contribution >= 4 is 5.69 Å². The number of hydrogen-bond donors (Lipinski definition) is 1. The zero-order chi connectivity index (χ0) is 12.4. The van der Waals surface area contributed by atoms with Crippen LogP contribution in [0.1, 0.15) is 25.3 Å². The Bertz CT molecular complexity index is 386. The first kappa shape index (κ1) is 12.2. The topological polar surface area (TPSA) is 24.5 Å². The van der Waals surface area contributed by atoms with Crippen molar-refractivity contribution < 1.29 is 4.74 Å². The van der Waals surface area contributed by atoms with Crippen LogP contribution in [-0.2, 0) is 0 Å². The van der Waals surface area contributed by atoms with Gasteiger partial charge in [-0.2, -0.15) is 0 Å². The molecule has 0 bridgehead atoms. The molecule has 3 heteroatoms. The van der Waals surface area contributed by atoms with Crippen LogP contribution in [0.5, 0.6) is 5.75 Å². The summed E-state index contributed by atoms with van der Waals surface area (Å²) in [6.45, 7) is 6.53. The van der Waals surface area contributed by atoms with E-state index in [2.05, 4.69) is 49.3 Å². The minimum atomic E-state index is 0.536. The first-order valence-electron chi connectivity index (χ1n) is 6.25. The average Bonchev–Trinajstić information content (AvgIpc) is 2.25. The van der Waals surface area contributed by atoms with Gasteiger partial charge in [-0.3, -0.25) is 0 Å². The van der Waals surface area contributed by atoms with Gasteiger partial charge < -0.3 is 15.0 Å². The molecule has 1 N–H and O–H groups in total. The number of rotatable bonds is 4. The van der Waals surface area contributed by atoms with E-state index in [0.717, 1.165) is 18.8 Å². The van der Waals surface area contributed by atoms with Gasteiger partial charge in [-0.15, -0.1) is 0 Å². The Hall–Kier alpha value is -1.22. The van der Waals surface area contributed by atoms with Crippen LogP contribution in [0.2, 0.25) is 0 Å². The highest BCUT2D eigenvalue weighted by Crippen LogP contribution is 2.32. The van der Waals surface area contributed by atoms with Gasteiger partial charge in [-0.05, 0) is 23.6 Å². The number of ether oxygens (including phenoxy) is 1. The van der Waals surface area contributed by atoms with E-state index in [0.29, 0.717) is 12.0 Å². The molecular weight excluding hydrogens is 212 g/mol. The summed E-state index contributed by atoms with van der Waals surface area (Å²) in [4.78, 5) is 2.31. The van der Waals surface area contributed by atoms with Gasteiger partial charge in [0.25, 0.3) is 0 Å². The first-order valence-corrected chi connectivity index (χ1v) is 6.25. The van der Waals surface area contributed by atoms with E-state index in [1.807, 2.05) is 0 Å². The Labute approximate surface area is 104 Å². The Kier molecular flexibility index (Phi) is 3.57. The first-order chi connectivity index (χ1) is 8.13. The lowest BCUT2D eigenvalue weighted by molar-refractivity contribution is 0.400. The molecule has 1 aliphatic heterocycles. The van der Waals surface area contributed by atoms with Gasteiger partial charge in [0, 0.05) is 20.1 Å². The molecule has 0 spiro atoms. The summed E-state index contributed by atoms with van der Waals surface area (Å²) in [6.07, 6.45) is 0. The summed E-state index contributed by atoms with van der Waals surface area (Å²) in [7, 11) is 3.88. The molecule has 0 aromatic heterocycles. The summed E-state index contributed by atoms with van der Waals surface area (Å²) in [5.74, 6) is 1.51. The minimum Gasteiger partial charge on any atom is -0.495 e. The molecule has 1 saturated heterocycles. The third kappa shape index (κ3) is 2.39. The van der Waals surface area contributed by atoms with Crippen molar-refractivity contribution in [3.63, 3.8) is 0 Å². The Balaban J connectivity index is 2.26. The summed E-state index contributed by atoms with van der Waals surface area (Å²) in [6, 6.07) is 7.12. The van der Waals surface area contributed by atoms with Gasteiger partial charge >= 0.3 is 0 Å². The van der Waals surface area contributed by atoms with Gasteiger partial charge in [0.15, 0.2) is 0 Å². The Morgan fingerprint density at radius 3 is 2.53 bits per heavy atom. The molecule has 0 saturated carbocycles. The maximum absolute atomic E-state index is 5.51. The molecule has 3 nitrogen and oxygen atoms in total. The monoisotopic (exact) mass is 234 g/mol. The highest BCUT2D eigenvalue weighted by atomic mass is 16.5. The predicted octanol–water partition coefficient (Wildman–Crippen LogP) is 2.23. The van der Waals surface area contributed by atoms with Crippen molar-refractivity contribution in [1.82, 2.24) is 5.32 Å². The quantitative estimate of drug-likeness (QED) is 0.864. The van der Waals surface area contributed by atoms with E-state index in [-0.39, 0.29) is 0 Å². The highest BCUT2D eigenvalue weighted by molar-refractivity contribution is 5.60. The predicted molar refractivity (Wildman–Crippen MR) is 72.1 cm³/mol. The SMILES string of the molecule is COc1cc(C(C)C)ccc1N(C)C1CNC1. The van der Waals surface area contributed by atoms with E-state index < -0.39 is 0 Å². The van der Waals surface area contributed by atoms with Crippen LogP contribution in [0.15, 0.2) is 18.2 Å². The van der Waals surface area contributed by atoms with E-state index in [4.69, 9.17) is 4.74 Å². The molecule has 94 valence electrons. The van der Waals surface area contributed by atoms with Crippen LogP contribution in [0.4, 0.5) is 5.69 Å². The molecule has 1 aromatic rings. The van der Waals surface area contributed by atoms with Crippen LogP contribution in [0.3, 0.4) is 0 Å². The second-order valence-electron chi connectivity index (χ2n) is 5.01. The fourth-order valence-electron chi connectivity index (χ4n) is 2.09. The van der Waals surface area contributed by atoms with Crippen molar-refractivity contribution in [2.24, 2.45) is 0 Å². The lowest BCUT2D eigenvalue weighted by atomic mass is 10.0. The minimum absolute atomic E-state index is 0.536. The molecular formula is C14H22N2O. The van der Waals surface area contributed by atoms with Crippen LogP contribution < -0.4 is 15.0 Å². The molecule has 2 rings (SSSR count). The number of nitrogens with zero attached hydrogens (tertiary/aromatic N) is 1. The van der Waals surface area contributed by atoms with Gasteiger partial charge in [-0.1, -0.05) is 19.9 Å².